The molecule has 0 amide bonds. The Morgan fingerprint density at radius 2 is 1.91 bits per heavy atom. The third kappa shape index (κ3) is 3.04. The van der Waals surface area contributed by atoms with E-state index in [1.807, 2.05) is 24.3 Å². The lowest BCUT2D eigenvalue weighted by Gasteiger charge is -2.10. The van der Waals surface area contributed by atoms with Gasteiger partial charge in [0.05, 0.1) is 11.0 Å². The Morgan fingerprint density at radius 3 is 2.57 bits per heavy atom. The van der Waals surface area contributed by atoms with E-state index < -0.39 is 5.23 Å². The number of fused-ring (bicyclic) bond motifs is 1. The highest BCUT2D eigenvalue weighted by atomic mass is 16.8. The van der Waals surface area contributed by atoms with Crippen molar-refractivity contribution < 1.29 is 15.2 Å². The van der Waals surface area contributed by atoms with Crippen molar-refractivity contribution in [2.75, 3.05) is 0 Å². The number of aromatic nitrogens is 2. The molecule has 2 aromatic carbocycles. The number of rotatable bonds is 4. The molecule has 116 valence electrons. The summed E-state index contributed by atoms with van der Waals surface area (Å²) in [6.07, 6.45) is 3.09. The number of ketones is 1. The standard InChI is InChI=1S/C17H15N3O3/c1-19-15-5-3-2-4-14(15)18-17(19)16(21)11-8-12-6-9-13(10-7-12)20(22)23/h2-11,20,22H,1H3/b11-8+. The fourth-order valence-corrected chi connectivity index (χ4v) is 2.35. The van der Waals surface area contributed by atoms with E-state index in [1.165, 1.54) is 18.2 Å². The number of carbonyl (C=O) groups is 1. The van der Waals surface area contributed by atoms with Gasteiger partial charge in [-0.3, -0.25) is 4.79 Å². The van der Waals surface area contributed by atoms with Gasteiger partial charge in [0.25, 0.3) is 0 Å². The maximum Gasteiger partial charge on any atom is 0.221 e. The molecule has 3 rings (SSSR count). The van der Waals surface area contributed by atoms with Gasteiger partial charge in [-0.25, -0.2) is 10.2 Å². The Bertz CT molecular complexity index is 880. The number of nitrogens with zero attached hydrogens (tertiary/aromatic N) is 2. The third-order valence-corrected chi connectivity index (χ3v) is 3.59. The van der Waals surface area contributed by atoms with E-state index in [1.54, 1.807) is 29.8 Å². The Balaban J connectivity index is 1.83. The third-order valence-electron chi connectivity index (χ3n) is 3.59. The fourth-order valence-electron chi connectivity index (χ4n) is 2.35. The summed E-state index contributed by atoms with van der Waals surface area (Å²) in [5, 5.41) is 18.7. The highest BCUT2D eigenvalue weighted by molar-refractivity contribution is 6.06. The van der Waals surface area contributed by atoms with Crippen molar-refractivity contribution in [3.05, 3.63) is 71.2 Å². The summed E-state index contributed by atoms with van der Waals surface area (Å²) in [6.45, 7) is 0. The molecule has 3 aromatic rings. The summed E-state index contributed by atoms with van der Waals surface area (Å²) in [4.78, 5) is 16.7. The lowest BCUT2D eigenvalue weighted by atomic mass is 10.2. The van der Waals surface area contributed by atoms with Crippen molar-refractivity contribution in [3.63, 3.8) is 0 Å². The van der Waals surface area contributed by atoms with E-state index in [2.05, 4.69) is 4.98 Å². The molecule has 0 bridgehead atoms. The van der Waals surface area contributed by atoms with E-state index in [4.69, 9.17) is 5.21 Å². The predicted octanol–water partition coefficient (Wildman–Crippen LogP) is 1.87. The van der Waals surface area contributed by atoms with E-state index >= 15 is 0 Å². The topological polar surface area (TPSA) is 82.6 Å². The summed E-state index contributed by atoms with van der Waals surface area (Å²) < 4.78 is 1.76. The molecule has 6 heteroatoms. The van der Waals surface area contributed by atoms with Crippen LogP contribution < -0.4 is 5.23 Å². The van der Waals surface area contributed by atoms with Crippen molar-refractivity contribution >= 4 is 28.6 Å². The Kier molecular flexibility index (Phi) is 4.03. The van der Waals surface area contributed by atoms with Crippen molar-refractivity contribution in [1.29, 1.82) is 0 Å². The van der Waals surface area contributed by atoms with Gasteiger partial charge in [-0.2, -0.15) is 5.23 Å². The number of hydrogen-bond acceptors (Lipinski definition) is 4. The maximum atomic E-state index is 12.3. The average Bonchev–Trinajstić information content (AvgIpc) is 2.90. The summed E-state index contributed by atoms with van der Waals surface area (Å²) in [6, 6.07) is 13.9. The molecular formula is C17H15N3O3. The van der Waals surface area contributed by atoms with E-state index in [0.717, 1.165) is 16.6 Å². The number of quaternary nitrogens is 1. The number of hydrogen-bond donors (Lipinski definition) is 2. The van der Waals surface area contributed by atoms with Gasteiger partial charge in [-0.05, 0) is 35.9 Å². The first-order valence-electron chi connectivity index (χ1n) is 7.03. The van der Waals surface area contributed by atoms with Crippen LogP contribution in [0.3, 0.4) is 0 Å². The minimum absolute atomic E-state index is 0.203. The molecule has 0 saturated heterocycles. The van der Waals surface area contributed by atoms with Gasteiger partial charge >= 0.3 is 0 Å². The first-order chi connectivity index (χ1) is 11.1. The molecule has 0 spiro atoms. The number of nitrogens with one attached hydrogen (secondary N) is 1. The Labute approximate surface area is 132 Å². The van der Waals surface area contributed by atoms with Gasteiger partial charge in [0.15, 0.2) is 11.5 Å². The number of aryl methyl sites for hydroxylation is 1. The zero-order valence-electron chi connectivity index (χ0n) is 12.4. The summed E-state index contributed by atoms with van der Waals surface area (Å²) in [5.41, 5.74) is 2.64. The maximum absolute atomic E-state index is 12.3. The first kappa shape index (κ1) is 15.1. The molecule has 23 heavy (non-hydrogen) atoms. The molecule has 1 atom stereocenters. The van der Waals surface area contributed by atoms with Crippen LogP contribution in [0.4, 0.5) is 5.69 Å². The summed E-state index contributed by atoms with van der Waals surface area (Å²) >= 11 is 0. The second-order valence-corrected chi connectivity index (χ2v) is 5.11. The van der Waals surface area contributed by atoms with Crippen LogP contribution in [0.15, 0.2) is 54.6 Å². The zero-order chi connectivity index (χ0) is 16.4. The van der Waals surface area contributed by atoms with Crippen LogP contribution in [0.5, 0.6) is 0 Å². The second kappa shape index (κ2) is 6.13. The minimum atomic E-state index is -0.976. The average molecular weight is 309 g/mol. The number of benzene rings is 2. The molecule has 0 radical (unpaired) electrons. The van der Waals surface area contributed by atoms with Crippen LogP contribution in [-0.4, -0.2) is 20.5 Å². The zero-order valence-corrected chi connectivity index (χ0v) is 12.4. The molecule has 1 aromatic heterocycles. The quantitative estimate of drug-likeness (QED) is 0.438. The smallest absolute Gasteiger partial charge is 0.221 e. The second-order valence-electron chi connectivity index (χ2n) is 5.11. The normalized spacial score (nSPS) is 12.8. The molecular weight excluding hydrogens is 294 g/mol. The largest absolute Gasteiger partial charge is 0.595 e. The van der Waals surface area contributed by atoms with Crippen LogP contribution in [0.1, 0.15) is 16.2 Å². The molecule has 6 nitrogen and oxygen atoms in total. The number of allylic oxidation sites excluding steroid dienone is 1. The molecule has 1 heterocycles. The fraction of sp³-hybridized carbons (Fsp3) is 0.0588. The van der Waals surface area contributed by atoms with Crippen molar-refractivity contribution in [3.8, 4) is 0 Å². The molecule has 0 saturated carbocycles. The number of imidazole rings is 1. The number of carbonyl (C=O) groups excluding carboxylic acids is 1. The summed E-state index contributed by atoms with van der Waals surface area (Å²) in [5.74, 6) is 0.163. The van der Waals surface area contributed by atoms with Crippen molar-refractivity contribution in [2.45, 2.75) is 0 Å². The molecule has 2 N–H and O–H groups in total. The monoisotopic (exact) mass is 309 g/mol. The lowest BCUT2D eigenvalue weighted by Crippen LogP contribution is -2.99. The molecule has 0 fully saturated rings. The van der Waals surface area contributed by atoms with Crippen molar-refractivity contribution in [1.82, 2.24) is 9.55 Å². The SMILES string of the molecule is Cn1c(C(=O)/C=C/c2ccc([NH+]([O-])O)cc2)nc2ccccc21. The van der Waals surface area contributed by atoms with Crippen LogP contribution in [0.25, 0.3) is 17.1 Å². The highest BCUT2D eigenvalue weighted by Gasteiger charge is 2.12. The first-order valence-corrected chi connectivity index (χ1v) is 7.03. The van der Waals surface area contributed by atoms with E-state index in [9.17, 15) is 10.0 Å². The van der Waals surface area contributed by atoms with Gasteiger partial charge in [-0.15, -0.1) is 0 Å². The van der Waals surface area contributed by atoms with Crippen LogP contribution in [-0.2, 0) is 7.05 Å². The summed E-state index contributed by atoms with van der Waals surface area (Å²) in [7, 11) is 1.80. The molecule has 0 aliphatic heterocycles. The Hall–Kier alpha value is -2.80. The molecule has 1 unspecified atom stereocenters. The van der Waals surface area contributed by atoms with Gasteiger partial charge in [0, 0.05) is 19.2 Å². The predicted molar refractivity (Wildman–Crippen MR) is 86.3 cm³/mol. The van der Waals surface area contributed by atoms with Crippen LogP contribution in [0, 0.1) is 5.21 Å². The minimum Gasteiger partial charge on any atom is -0.595 e. The highest BCUT2D eigenvalue weighted by Crippen LogP contribution is 2.15. The van der Waals surface area contributed by atoms with Gasteiger partial charge in [0.1, 0.15) is 0 Å². The lowest BCUT2D eigenvalue weighted by molar-refractivity contribution is -0.991. The van der Waals surface area contributed by atoms with Crippen LogP contribution >= 0.6 is 0 Å². The van der Waals surface area contributed by atoms with Crippen LogP contribution in [0.2, 0.25) is 0 Å². The van der Waals surface area contributed by atoms with Gasteiger partial charge < -0.3 is 9.77 Å². The number of para-hydroxylation sites is 2. The molecule has 0 aliphatic rings. The van der Waals surface area contributed by atoms with Crippen molar-refractivity contribution in [2.24, 2.45) is 7.05 Å². The van der Waals surface area contributed by atoms with E-state index in [0.29, 0.717) is 5.82 Å². The molecule has 0 aliphatic carbocycles. The van der Waals surface area contributed by atoms with Gasteiger partial charge in [-0.1, -0.05) is 18.2 Å². The van der Waals surface area contributed by atoms with Gasteiger partial charge in [0.2, 0.25) is 5.78 Å². The Morgan fingerprint density at radius 1 is 1.22 bits per heavy atom. The van der Waals surface area contributed by atoms with E-state index in [-0.39, 0.29) is 11.5 Å².